The Morgan fingerprint density at radius 1 is 1.53 bits per heavy atom. The van der Waals surface area contributed by atoms with Gasteiger partial charge in [-0.2, -0.15) is 0 Å². The largest absolute Gasteiger partial charge is 0.481 e. The van der Waals surface area contributed by atoms with Crippen molar-refractivity contribution >= 4 is 11.9 Å². The van der Waals surface area contributed by atoms with E-state index in [0.717, 1.165) is 0 Å². The standard InChI is InChI=1S/C12H14N2O3/c1-8(12(16)17)10-6-14(7-10)11(15)9-3-2-4-13-5-9/h2-5,8,10H,6-7H2,1H3,(H,16,17). The first-order valence-corrected chi connectivity index (χ1v) is 5.51. The number of likely N-dealkylation sites (tertiary alicyclic amines) is 1. The normalized spacial score (nSPS) is 17.4. The molecule has 1 aliphatic heterocycles. The van der Waals surface area contributed by atoms with Crippen LogP contribution in [-0.2, 0) is 4.79 Å². The number of carbonyl (C=O) groups excluding carboxylic acids is 1. The summed E-state index contributed by atoms with van der Waals surface area (Å²) in [6.45, 7) is 2.71. The van der Waals surface area contributed by atoms with Gasteiger partial charge in [0, 0.05) is 31.4 Å². The number of amides is 1. The summed E-state index contributed by atoms with van der Waals surface area (Å²) in [5, 5.41) is 8.85. The highest BCUT2D eigenvalue weighted by Crippen LogP contribution is 2.25. The highest BCUT2D eigenvalue weighted by Gasteiger charge is 2.37. The fourth-order valence-electron chi connectivity index (χ4n) is 1.87. The van der Waals surface area contributed by atoms with Gasteiger partial charge < -0.3 is 10.0 Å². The van der Waals surface area contributed by atoms with Crippen LogP contribution in [0.5, 0.6) is 0 Å². The predicted octanol–water partition coefficient (Wildman–Crippen LogP) is 0.874. The van der Waals surface area contributed by atoms with E-state index in [-0.39, 0.29) is 11.8 Å². The van der Waals surface area contributed by atoms with Crippen molar-refractivity contribution < 1.29 is 14.7 Å². The molecule has 2 rings (SSSR count). The molecule has 5 nitrogen and oxygen atoms in total. The Hall–Kier alpha value is -1.91. The number of aromatic nitrogens is 1. The summed E-state index contributed by atoms with van der Waals surface area (Å²) in [4.78, 5) is 28.2. The smallest absolute Gasteiger partial charge is 0.306 e. The fraction of sp³-hybridized carbons (Fsp3) is 0.417. The summed E-state index contributed by atoms with van der Waals surface area (Å²) in [5.74, 6) is -1.21. The van der Waals surface area contributed by atoms with E-state index in [9.17, 15) is 9.59 Å². The molecule has 1 amide bonds. The Morgan fingerprint density at radius 2 is 2.24 bits per heavy atom. The molecule has 1 atom stereocenters. The molecule has 0 radical (unpaired) electrons. The van der Waals surface area contributed by atoms with Crippen molar-refractivity contribution in [3.63, 3.8) is 0 Å². The van der Waals surface area contributed by atoms with Crippen molar-refractivity contribution in [2.24, 2.45) is 11.8 Å². The number of carbonyl (C=O) groups is 2. The Bertz CT molecular complexity index is 427. The summed E-state index contributed by atoms with van der Waals surface area (Å²) in [7, 11) is 0. The van der Waals surface area contributed by atoms with Crippen molar-refractivity contribution in [3.05, 3.63) is 30.1 Å². The average molecular weight is 234 g/mol. The van der Waals surface area contributed by atoms with Crippen LogP contribution in [0.1, 0.15) is 17.3 Å². The maximum Gasteiger partial charge on any atom is 0.306 e. The summed E-state index contributed by atoms with van der Waals surface area (Å²) in [6.07, 6.45) is 3.14. The third-order valence-corrected chi connectivity index (χ3v) is 3.20. The van der Waals surface area contributed by atoms with E-state index >= 15 is 0 Å². The van der Waals surface area contributed by atoms with Gasteiger partial charge in [-0.25, -0.2) is 0 Å². The van der Waals surface area contributed by atoms with Crippen LogP contribution in [0.3, 0.4) is 0 Å². The molecular formula is C12H14N2O3. The van der Waals surface area contributed by atoms with Crippen molar-refractivity contribution in [2.45, 2.75) is 6.92 Å². The van der Waals surface area contributed by atoms with Gasteiger partial charge in [0.25, 0.3) is 5.91 Å². The first kappa shape index (κ1) is 11.6. The molecule has 0 bridgehead atoms. The SMILES string of the molecule is CC(C(=O)O)C1CN(C(=O)c2cccnc2)C1. The topological polar surface area (TPSA) is 70.5 Å². The Labute approximate surface area is 99.1 Å². The lowest BCUT2D eigenvalue weighted by atomic mass is 9.87. The molecule has 1 aromatic rings. The summed E-state index contributed by atoms with van der Waals surface area (Å²) in [5.41, 5.74) is 0.550. The van der Waals surface area contributed by atoms with Gasteiger partial charge in [0.05, 0.1) is 11.5 Å². The number of nitrogens with zero attached hydrogens (tertiary/aromatic N) is 2. The highest BCUT2D eigenvalue weighted by molar-refractivity contribution is 5.94. The molecule has 0 saturated carbocycles. The molecule has 5 heteroatoms. The Balaban J connectivity index is 1.92. The molecule has 0 spiro atoms. The molecular weight excluding hydrogens is 220 g/mol. The summed E-state index contributed by atoms with van der Waals surface area (Å²) in [6, 6.07) is 3.42. The molecule has 90 valence electrons. The lowest BCUT2D eigenvalue weighted by Gasteiger charge is -2.41. The van der Waals surface area contributed by atoms with Gasteiger partial charge in [0.2, 0.25) is 0 Å². The van der Waals surface area contributed by atoms with Crippen molar-refractivity contribution in [1.29, 1.82) is 0 Å². The lowest BCUT2D eigenvalue weighted by molar-refractivity contribution is -0.144. The van der Waals surface area contributed by atoms with Crippen LogP contribution in [0.4, 0.5) is 0 Å². The lowest BCUT2D eigenvalue weighted by Crippen LogP contribution is -2.53. The van der Waals surface area contributed by atoms with Crippen LogP contribution in [0.25, 0.3) is 0 Å². The zero-order valence-corrected chi connectivity index (χ0v) is 9.54. The second-order valence-electron chi connectivity index (χ2n) is 4.34. The fourth-order valence-corrected chi connectivity index (χ4v) is 1.87. The van der Waals surface area contributed by atoms with Crippen LogP contribution in [0.2, 0.25) is 0 Å². The average Bonchev–Trinajstić information content (AvgIpc) is 2.27. The maximum atomic E-state index is 11.9. The van der Waals surface area contributed by atoms with Gasteiger partial charge in [-0.1, -0.05) is 6.92 Å². The molecule has 17 heavy (non-hydrogen) atoms. The summed E-state index contributed by atoms with van der Waals surface area (Å²) < 4.78 is 0. The van der Waals surface area contributed by atoms with Gasteiger partial charge in [-0.15, -0.1) is 0 Å². The minimum atomic E-state index is -0.802. The van der Waals surface area contributed by atoms with Crippen LogP contribution < -0.4 is 0 Å². The van der Waals surface area contributed by atoms with Crippen molar-refractivity contribution in [1.82, 2.24) is 9.88 Å². The van der Waals surface area contributed by atoms with Gasteiger partial charge in [-0.05, 0) is 12.1 Å². The monoisotopic (exact) mass is 234 g/mol. The van der Waals surface area contributed by atoms with E-state index < -0.39 is 11.9 Å². The van der Waals surface area contributed by atoms with Crippen molar-refractivity contribution in [3.8, 4) is 0 Å². The van der Waals surface area contributed by atoms with E-state index in [0.29, 0.717) is 18.7 Å². The maximum absolute atomic E-state index is 11.9. The molecule has 1 aromatic heterocycles. The quantitative estimate of drug-likeness (QED) is 0.842. The second-order valence-corrected chi connectivity index (χ2v) is 4.34. The molecule has 1 fully saturated rings. The van der Waals surface area contributed by atoms with E-state index in [1.54, 1.807) is 30.2 Å². The Kier molecular flexibility index (Phi) is 3.08. The molecule has 1 unspecified atom stereocenters. The van der Waals surface area contributed by atoms with Crippen LogP contribution in [-0.4, -0.2) is 40.0 Å². The first-order valence-electron chi connectivity index (χ1n) is 5.51. The number of aliphatic carboxylic acids is 1. The number of carboxylic acid groups (broad SMARTS) is 1. The number of carboxylic acids is 1. The van der Waals surface area contributed by atoms with Crippen LogP contribution in [0.15, 0.2) is 24.5 Å². The van der Waals surface area contributed by atoms with E-state index in [1.807, 2.05) is 0 Å². The second kappa shape index (κ2) is 4.53. The highest BCUT2D eigenvalue weighted by atomic mass is 16.4. The zero-order valence-electron chi connectivity index (χ0n) is 9.54. The van der Waals surface area contributed by atoms with Gasteiger partial charge >= 0.3 is 5.97 Å². The number of hydrogen-bond donors (Lipinski definition) is 1. The third-order valence-electron chi connectivity index (χ3n) is 3.20. The summed E-state index contributed by atoms with van der Waals surface area (Å²) >= 11 is 0. The van der Waals surface area contributed by atoms with Crippen molar-refractivity contribution in [2.75, 3.05) is 13.1 Å². The molecule has 1 N–H and O–H groups in total. The first-order chi connectivity index (χ1) is 8.09. The molecule has 0 aromatic carbocycles. The molecule has 2 heterocycles. The molecule has 1 aliphatic rings. The molecule has 0 aliphatic carbocycles. The number of hydrogen-bond acceptors (Lipinski definition) is 3. The predicted molar refractivity (Wildman–Crippen MR) is 60.4 cm³/mol. The van der Waals surface area contributed by atoms with E-state index in [4.69, 9.17) is 5.11 Å². The minimum absolute atomic E-state index is 0.0631. The zero-order chi connectivity index (χ0) is 12.4. The minimum Gasteiger partial charge on any atom is -0.481 e. The molecule has 1 saturated heterocycles. The number of pyridine rings is 1. The Morgan fingerprint density at radius 3 is 2.76 bits per heavy atom. The van der Waals surface area contributed by atoms with Gasteiger partial charge in [0.15, 0.2) is 0 Å². The van der Waals surface area contributed by atoms with Gasteiger partial charge in [0.1, 0.15) is 0 Å². The van der Waals surface area contributed by atoms with E-state index in [1.165, 1.54) is 6.20 Å². The van der Waals surface area contributed by atoms with E-state index in [2.05, 4.69) is 4.98 Å². The van der Waals surface area contributed by atoms with Crippen LogP contribution >= 0.6 is 0 Å². The van der Waals surface area contributed by atoms with Crippen LogP contribution in [0, 0.1) is 11.8 Å². The number of rotatable bonds is 3. The van der Waals surface area contributed by atoms with Gasteiger partial charge in [-0.3, -0.25) is 14.6 Å². The third kappa shape index (κ3) is 2.27.